The summed E-state index contributed by atoms with van der Waals surface area (Å²) >= 11 is 6.03. The molecule has 1 heterocycles. The number of carboxylic acid groups (broad SMARTS) is 1. The predicted octanol–water partition coefficient (Wildman–Crippen LogP) is 5.55. The number of benzene rings is 2. The van der Waals surface area contributed by atoms with Crippen molar-refractivity contribution in [3.8, 4) is 11.3 Å². The Hall–Kier alpha value is -3.86. The second kappa shape index (κ2) is 11.3. The van der Waals surface area contributed by atoms with Gasteiger partial charge in [-0.2, -0.15) is 0 Å². The third-order valence-electron chi connectivity index (χ3n) is 6.46. The Balaban J connectivity index is 1.55. The van der Waals surface area contributed by atoms with Crippen molar-refractivity contribution in [3.63, 3.8) is 0 Å². The molecule has 1 aliphatic carbocycles. The molecule has 1 unspecified atom stereocenters. The lowest BCUT2D eigenvalue weighted by molar-refractivity contribution is -0.0385. The number of anilines is 1. The van der Waals surface area contributed by atoms with Crippen molar-refractivity contribution in [1.82, 2.24) is 20.6 Å². The van der Waals surface area contributed by atoms with Crippen LogP contribution in [-0.2, 0) is 0 Å². The molecular weight excluding hydrogens is 523 g/mol. The molecule has 5 N–H and O–H groups in total. The van der Waals surface area contributed by atoms with Crippen molar-refractivity contribution in [2.75, 3.05) is 12.3 Å². The molecule has 38 heavy (non-hydrogen) atoms. The van der Waals surface area contributed by atoms with Gasteiger partial charge in [-0.3, -0.25) is 4.79 Å². The van der Waals surface area contributed by atoms with Crippen LogP contribution < -0.4 is 16.4 Å². The molecular formula is C26H25ClF3N5O3. The number of nitrogens with two attached hydrogens (primary N) is 1. The lowest BCUT2D eigenvalue weighted by Crippen LogP contribution is -2.37. The highest BCUT2D eigenvalue weighted by Crippen LogP contribution is 2.40. The van der Waals surface area contributed by atoms with E-state index in [9.17, 15) is 18.4 Å². The first-order valence-corrected chi connectivity index (χ1v) is 12.2. The molecule has 4 rings (SSSR count). The number of aromatic nitrogens is 2. The van der Waals surface area contributed by atoms with Crippen LogP contribution in [0.15, 0.2) is 48.7 Å². The maximum Gasteiger partial charge on any atom is 0.404 e. The Morgan fingerprint density at radius 3 is 2.58 bits per heavy atom. The van der Waals surface area contributed by atoms with Crippen molar-refractivity contribution in [2.45, 2.75) is 43.6 Å². The van der Waals surface area contributed by atoms with Gasteiger partial charge in [0.1, 0.15) is 17.3 Å². The van der Waals surface area contributed by atoms with E-state index in [4.69, 9.17) is 22.4 Å². The maximum absolute atomic E-state index is 15.1. The number of alkyl halides is 2. The summed E-state index contributed by atoms with van der Waals surface area (Å²) in [5, 5.41) is 14.2. The van der Waals surface area contributed by atoms with Gasteiger partial charge in [-0.05, 0) is 42.7 Å². The van der Waals surface area contributed by atoms with E-state index in [1.165, 1.54) is 18.3 Å². The largest absolute Gasteiger partial charge is 0.465 e. The number of amides is 2. The van der Waals surface area contributed by atoms with Crippen LogP contribution in [0.1, 0.15) is 59.3 Å². The van der Waals surface area contributed by atoms with Crippen LogP contribution in [-0.4, -0.2) is 39.5 Å². The van der Waals surface area contributed by atoms with Gasteiger partial charge in [-0.25, -0.2) is 27.9 Å². The number of rotatable bonds is 7. The highest BCUT2D eigenvalue weighted by molar-refractivity contribution is 6.30. The third kappa shape index (κ3) is 6.52. The molecule has 200 valence electrons. The third-order valence-corrected chi connectivity index (χ3v) is 6.69. The molecule has 12 heteroatoms. The summed E-state index contributed by atoms with van der Waals surface area (Å²) in [4.78, 5) is 32.6. The first-order chi connectivity index (χ1) is 18.0. The minimum atomic E-state index is -2.68. The van der Waals surface area contributed by atoms with Crippen LogP contribution in [0.5, 0.6) is 0 Å². The predicted molar refractivity (Wildman–Crippen MR) is 136 cm³/mol. The molecule has 2 amide bonds. The van der Waals surface area contributed by atoms with Gasteiger partial charge in [-0.1, -0.05) is 29.8 Å². The van der Waals surface area contributed by atoms with Crippen molar-refractivity contribution in [1.29, 1.82) is 0 Å². The molecule has 2 aromatic carbocycles. The van der Waals surface area contributed by atoms with Gasteiger partial charge in [0, 0.05) is 35.9 Å². The van der Waals surface area contributed by atoms with Gasteiger partial charge in [0.2, 0.25) is 5.92 Å². The van der Waals surface area contributed by atoms with Crippen molar-refractivity contribution < 1.29 is 27.9 Å². The monoisotopic (exact) mass is 547 g/mol. The maximum atomic E-state index is 15.1. The van der Waals surface area contributed by atoms with Gasteiger partial charge in [0.25, 0.3) is 5.91 Å². The van der Waals surface area contributed by atoms with E-state index >= 15 is 4.39 Å². The number of nitrogen functional groups attached to an aromatic ring is 1. The van der Waals surface area contributed by atoms with E-state index in [1.54, 1.807) is 24.3 Å². The first-order valence-electron chi connectivity index (χ1n) is 11.9. The van der Waals surface area contributed by atoms with Crippen LogP contribution in [0, 0.1) is 5.82 Å². The Kier molecular flexibility index (Phi) is 8.05. The zero-order valence-electron chi connectivity index (χ0n) is 20.1. The van der Waals surface area contributed by atoms with Crippen LogP contribution in [0.4, 0.5) is 23.8 Å². The van der Waals surface area contributed by atoms with Crippen LogP contribution in [0.2, 0.25) is 5.02 Å². The fourth-order valence-electron chi connectivity index (χ4n) is 4.40. The van der Waals surface area contributed by atoms with E-state index in [0.29, 0.717) is 16.3 Å². The Labute approximate surface area is 221 Å². The summed E-state index contributed by atoms with van der Waals surface area (Å²) in [7, 11) is 0. The molecule has 0 spiro atoms. The standard InChI is InChI=1S/C26H25ClF3N5O3/c27-17-3-1-2-15(10-17)21(13-33-25(37)38)35-24(36)18-5-4-16(11-19(18)28)22-23(31)32-12-20(34-22)14-6-8-26(29,30)9-7-14/h1-5,10-12,14,21,33H,6-9,13H2,(H2,31,32)(H,35,36)(H,37,38). The minimum Gasteiger partial charge on any atom is -0.465 e. The van der Waals surface area contributed by atoms with Gasteiger partial charge in [0.15, 0.2) is 0 Å². The summed E-state index contributed by atoms with van der Waals surface area (Å²) in [6.45, 7) is -0.173. The number of hydrogen-bond acceptors (Lipinski definition) is 5. The van der Waals surface area contributed by atoms with Crippen molar-refractivity contribution in [3.05, 3.63) is 76.3 Å². The lowest BCUT2D eigenvalue weighted by atomic mass is 9.85. The number of nitrogens with one attached hydrogen (secondary N) is 2. The average molecular weight is 548 g/mol. The Morgan fingerprint density at radius 2 is 1.92 bits per heavy atom. The number of carbonyl (C=O) groups is 2. The molecule has 1 fully saturated rings. The number of halogens is 4. The first kappa shape index (κ1) is 27.2. The quantitative estimate of drug-likeness (QED) is 0.307. The normalized spacial score (nSPS) is 16.0. The SMILES string of the molecule is Nc1ncc(C2CCC(F)(F)CC2)nc1-c1ccc(C(=O)NC(CNC(=O)O)c2cccc(Cl)c2)c(F)c1. The smallest absolute Gasteiger partial charge is 0.404 e. The van der Waals surface area contributed by atoms with E-state index in [2.05, 4.69) is 20.6 Å². The summed E-state index contributed by atoms with van der Waals surface area (Å²) in [5.74, 6) is -4.50. The van der Waals surface area contributed by atoms with Crippen LogP contribution in [0.3, 0.4) is 0 Å². The molecule has 1 aliphatic rings. The van der Waals surface area contributed by atoms with Gasteiger partial charge >= 0.3 is 6.09 Å². The minimum absolute atomic E-state index is 0.0345. The number of hydrogen-bond donors (Lipinski definition) is 4. The van der Waals surface area contributed by atoms with Gasteiger partial charge in [0.05, 0.1) is 23.5 Å². The molecule has 0 aliphatic heterocycles. The highest BCUT2D eigenvalue weighted by atomic mass is 35.5. The molecule has 3 aromatic rings. The zero-order valence-corrected chi connectivity index (χ0v) is 20.8. The molecule has 1 atom stereocenters. The van der Waals surface area contributed by atoms with E-state index in [1.807, 2.05) is 0 Å². The van der Waals surface area contributed by atoms with Crippen molar-refractivity contribution in [2.24, 2.45) is 0 Å². The summed E-state index contributed by atoms with van der Waals surface area (Å²) in [6, 6.07) is 9.48. The molecule has 1 saturated carbocycles. The molecule has 0 bridgehead atoms. The summed E-state index contributed by atoms with van der Waals surface area (Å²) < 4.78 is 42.2. The topological polar surface area (TPSA) is 130 Å². The van der Waals surface area contributed by atoms with Gasteiger partial charge < -0.3 is 21.5 Å². The molecule has 1 aromatic heterocycles. The summed E-state index contributed by atoms with van der Waals surface area (Å²) in [6.07, 6.45) is 0.189. The second-order valence-corrected chi connectivity index (χ2v) is 9.56. The van der Waals surface area contributed by atoms with Crippen LogP contribution >= 0.6 is 11.6 Å². The van der Waals surface area contributed by atoms with Crippen LogP contribution in [0.25, 0.3) is 11.3 Å². The highest BCUT2D eigenvalue weighted by Gasteiger charge is 2.36. The van der Waals surface area contributed by atoms with E-state index < -0.39 is 29.8 Å². The Morgan fingerprint density at radius 1 is 1.18 bits per heavy atom. The number of nitrogens with zero attached hydrogens (tertiary/aromatic N) is 2. The average Bonchev–Trinajstić information content (AvgIpc) is 2.86. The lowest BCUT2D eigenvalue weighted by Gasteiger charge is -2.27. The molecule has 0 saturated heterocycles. The van der Waals surface area contributed by atoms with Gasteiger partial charge in [-0.15, -0.1) is 0 Å². The van der Waals surface area contributed by atoms with Crippen molar-refractivity contribution >= 4 is 29.4 Å². The van der Waals surface area contributed by atoms with E-state index in [0.717, 1.165) is 6.07 Å². The van der Waals surface area contributed by atoms with E-state index in [-0.39, 0.29) is 60.8 Å². The Bertz CT molecular complexity index is 1350. The molecule has 8 nitrogen and oxygen atoms in total. The fourth-order valence-corrected chi connectivity index (χ4v) is 4.60. The fraction of sp³-hybridized carbons (Fsp3) is 0.308. The summed E-state index contributed by atoms with van der Waals surface area (Å²) in [5.41, 5.74) is 7.18. The second-order valence-electron chi connectivity index (χ2n) is 9.12. The molecule has 0 radical (unpaired) electrons. The zero-order chi connectivity index (χ0) is 27.4. The number of carbonyl (C=O) groups excluding carboxylic acids is 1.